The molecule has 20 heavy (non-hydrogen) atoms. The predicted molar refractivity (Wildman–Crippen MR) is 59.5 cm³/mol. The number of aliphatic carboxylic acids is 1. The Bertz CT molecular complexity index is 506. The Morgan fingerprint density at radius 3 is 2.15 bits per heavy atom. The molecule has 2 unspecified atom stereocenters. The van der Waals surface area contributed by atoms with Crippen molar-refractivity contribution in [1.29, 1.82) is 0 Å². The quantitative estimate of drug-likeness (QED) is 0.855. The van der Waals surface area contributed by atoms with E-state index in [1.807, 2.05) is 0 Å². The first-order valence-corrected chi connectivity index (χ1v) is 5.88. The highest BCUT2D eigenvalue weighted by Gasteiger charge is 2.60. The molecule has 7 heteroatoms. The molecule has 0 amide bonds. The molecule has 2 rings (SSSR count). The lowest BCUT2D eigenvalue weighted by Gasteiger charge is -2.16. The van der Waals surface area contributed by atoms with Crippen molar-refractivity contribution in [2.75, 3.05) is 0 Å². The van der Waals surface area contributed by atoms with Crippen molar-refractivity contribution < 1.29 is 31.9 Å². The molecule has 2 nitrogen and oxygen atoms in total. The monoisotopic (exact) mass is 294 g/mol. The first-order valence-electron chi connectivity index (χ1n) is 5.88. The summed E-state index contributed by atoms with van der Waals surface area (Å²) in [5.41, 5.74) is -0.694. The molecule has 1 aliphatic carbocycles. The summed E-state index contributed by atoms with van der Waals surface area (Å²) < 4.78 is 63.4. The fourth-order valence-electron chi connectivity index (χ4n) is 2.27. The van der Waals surface area contributed by atoms with Crippen molar-refractivity contribution in [3.8, 4) is 0 Å². The van der Waals surface area contributed by atoms with Crippen LogP contribution in [-0.2, 0) is 11.0 Å². The van der Waals surface area contributed by atoms with Gasteiger partial charge in [0, 0.05) is 18.3 Å². The maximum atomic E-state index is 13.1. The minimum Gasteiger partial charge on any atom is -0.481 e. The molecular weight excluding hydrogens is 283 g/mol. The zero-order valence-electron chi connectivity index (χ0n) is 10.1. The average Bonchev–Trinajstić information content (AvgIpc) is 2.94. The van der Waals surface area contributed by atoms with Crippen molar-refractivity contribution in [3.63, 3.8) is 0 Å². The van der Waals surface area contributed by atoms with Gasteiger partial charge in [0.15, 0.2) is 0 Å². The lowest BCUT2D eigenvalue weighted by atomic mass is 9.90. The Labute approximate surface area is 111 Å². The second-order valence-corrected chi connectivity index (χ2v) is 4.90. The normalized spacial score (nSPS) is 22.4. The zero-order chi connectivity index (χ0) is 15.1. The molecule has 1 aromatic carbocycles. The highest BCUT2D eigenvalue weighted by molar-refractivity contribution is 5.68. The van der Waals surface area contributed by atoms with Gasteiger partial charge >= 0.3 is 12.1 Å². The summed E-state index contributed by atoms with van der Waals surface area (Å²) in [6.07, 6.45) is -5.46. The van der Waals surface area contributed by atoms with Crippen LogP contribution in [0.1, 0.15) is 29.9 Å². The molecule has 1 fully saturated rings. The summed E-state index contributed by atoms with van der Waals surface area (Å²) in [4.78, 5) is 10.7. The van der Waals surface area contributed by atoms with E-state index in [4.69, 9.17) is 5.11 Å². The van der Waals surface area contributed by atoms with Crippen LogP contribution in [0.4, 0.5) is 22.0 Å². The molecule has 2 atom stereocenters. The average molecular weight is 294 g/mol. The van der Waals surface area contributed by atoms with Gasteiger partial charge in [0.25, 0.3) is 5.92 Å². The van der Waals surface area contributed by atoms with E-state index in [1.54, 1.807) is 0 Å². The fourth-order valence-corrected chi connectivity index (χ4v) is 2.27. The van der Waals surface area contributed by atoms with E-state index in [0.29, 0.717) is 0 Å². The molecule has 0 radical (unpaired) electrons. The lowest BCUT2D eigenvalue weighted by Crippen LogP contribution is -2.13. The number of hydrogen-bond acceptors (Lipinski definition) is 1. The molecule has 1 saturated carbocycles. The molecule has 0 saturated heterocycles. The Kier molecular flexibility index (Phi) is 3.47. The summed E-state index contributed by atoms with van der Waals surface area (Å²) in [7, 11) is 0. The van der Waals surface area contributed by atoms with Crippen LogP contribution in [0.2, 0.25) is 0 Å². The number of carboxylic acid groups (broad SMARTS) is 1. The van der Waals surface area contributed by atoms with Crippen LogP contribution in [0.25, 0.3) is 0 Å². The van der Waals surface area contributed by atoms with Crippen LogP contribution in [-0.4, -0.2) is 17.0 Å². The number of hydrogen-bond donors (Lipinski definition) is 1. The second-order valence-electron chi connectivity index (χ2n) is 4.90. The Balaban J connectivity index is 2.24. The molecule has 1 aliphatic rings. The molecule has 0 aliphatic heterocycles. The van der Waals surface area contributed by atoms with Crippen LogP contribution in [0.5, 0.6) is 0 Å². The maximum Gasteiger partial charge on any atom is 0.416 e. The minimum absolute atomic E-state index is 0.197. The van der Waals surface area contributed by atoms with E-state index >= 15 is 0 Å². The number of benzene rings is 1. The zero-order valence-corrected chi connectivity index (χ0v) is 10.1. The van der Waals surface area contributed by atoms with Crippen LogP contribution in [0.15, 0.2) is 24.3 Å². The van der Waals surface area contributed by atoms with Gasteiger partial charge in [0.1, 0.15) is 0 Å². The van der Waals surface area contributed by atoms with Crippen molar-refractivity contribution in [3.05, 3.63) is 35.4 Å². The number of rotatable bonds is 4. The topological polar surface area (TPSA) is 37.3 Å². The van der Waals surface area contributed by atoms with E-state index in [-0.39, 0.29) is 5.56 Å². The van der Waals surface area contributed by atoms with Gasteiger partial charge < -0.3 is 5.11 Å². The molecule has 1 aromatic rings. The Hall–Kier alpha value is -1.66. The second kappa shape index (κ2) is 4.71. The maximum absolute atomic E-state index is 13.1. The largest absolute Gasteiger partial charge is 0.481 e. The summed E-state index contributed by atoms with van der Waals surface area (Å²) in [6, 6.07) is 3.71. The van der Waals surface area contributed by atoms with Gasteiger partial charge in [-0.25, -0.2) is 8.78 Å². The third-order valence-corrected chi connectivity index (χ3v) is 3.42. The smallest absolute Gasteiger partial charge is 0.416 e. The van der Waals surface area contributed by atoms with Crippen LogP contribution in [0, 0.1) is 5.92 Å². The first-order chi connectivity index (χ1) is 9.11. The van der Waals surface area contributed by atoms with Crippen LogP contribution < -0.4 is 0 Å². The van der Waals surface area contributed by atoms with Crippen molar-refractivity contribution in [1.82, 2.24) is 0 Å². The highest BCUT2D eigenvalue weighted by Crippen LogP contribution is 2.57. The number of carbonyl (C=O) groups is 1. The van der Waals surface area contributed by atoms with Gasteiger partial charge in [-0.05, 0) is 17.7 Å². The molecule has 0 heterocycles. The number of alkyl halides is 5. The Morgan fingerprint density at radius 1 is 1.30 bits per heavy atom. The van der Waals surface area contributed by atoms with Crippen LogP contribution >= 0.6 is 0 Å². The van der Waals surface area contributed by atoms with E-state index in [1.165, 1.54) is 0 Å². The van der Waals surface area contributed by atoms with Gasteiger partial charge in [-0.3, -0.25) is 4.79 Å². The molecule has 0 bridgehead atoms. The molecule has 110 valence electrons. The number of halogens is 5. The lowest BCUT2D eigenvalue weighted by molar-refractivity contribution is -0.138. The van der Waals surface area contributed by atoms with Gasteiger partial charge in [-0.1, -0.05) is 12.1 Å². The Morgan fingerprint density at radius 2 is 1.80 bits per heavy atom. The molecule has 0 spiro atoms. The van der Waals surface area contributed by atoms with Crippen molar-refractivity contribution >= 4 is 5.97 Å². The predicted octanol–water partition coefficient (Wildman–Crippen LogP) is 3.92. The van der Waals surface area contributed by atoms with Gasteiger partial charge in [0.2, 0.25) is 0 Å². The standard InChI is InChI=1S/C13H11F5O2/c14-12(15)6-10(12)9(5-11(19)20)7-1-3-8(4-2-7)13(16,17)18/h1-4,9-10H,5-6H2,(H,19,20). The third kappa shape index (κ3) is 3.08. The molecular formula is C13H11F5O2. The van der Waals surface area contributed by atoms with Crippen molar-refractivity contribution in [2.45, 2.75) is 30.9 Å². The van der Waals surface area contributed by atoms with E-state index < -0.39 is 48.3 Å². The summed E-state index contributed by atoms with van der Waals surface area (Å²) in [5.74, 6) is -6.26. The van der Waals surface area contributed by atoms with Crippen LogP contribution in [0.3, 0.4) is 0 Å². The van der Waals surface area contributed by atoms with E-state index in [9.17, 15) is 26.7 Å². The summed E-state index contributed by atoms with van der Waals surface area (Å²) >= 11 is 0. The molecule has 1 N–H and O–H groups in total. The fraction of sp³-hybridized carbons (Fsp3) is 0.462. The van der Waals surface area contributed by atoms with E-state index in [2.05, 4.69) is 0 Å². The van der Waals surface area contributed by atoms with Gasteiger partial charge in [-0.2, -0.15) is 13.2 Å². The molecule has 0 aromatic heterocycles. The summed E-state index contributed by atoms with van der Waals surface area (Å²) in [6.45, 7) is 0. The minimum atomic E-state index is -4.51. The first kappa shape index (κ1) is 14.7. The highest BCUT2D eigenvalue weighted by atomic mass is 19.4. The third-order valence-electron chi connectivity index (χ3n) is 3.42. The van der Waals surface area contributed by atoms with Gasteiger partial charge in [0.05, 0.1) is 12.0 Å². The summed E-state index contributed by atoms with van der Waals surface area (Å²) in [5, 5.41) is 8.75. The van der Waals surface area contributed by atoms with Crippen molar-refractivity contribution in [2.24, 2.45) is 5.92 Å². The number of carboxylic acids is 1. The van der Waals surface area contributed by atoms with Gasteiger partial charge in [-0.15, -0.1) is 0 Å². The SMILES string of the molecule is O=C(O)CC(c1ccc(C(F)(F)F)cc1)C1CC1(F)F. The van der Waals surface area contributed by atoms with E-state index in [0.717, 1.165) is 24.3 Å².